The summed E-state index contributed by atoms with van der Waals surface area (Å²) in [5.74, 6) is -16.5. The van der Waals surface area contributed by atoms with E-state index in [-0.39, 0.29) is 0 Å². The predicted octanol–water partition coefficient (Wildman–Crippen LogP) is 4.58. The molecule has 0 heterocycles. The smallest absolute Gasteiger partial charge is 0.262 e. The number of carbonyl (C=O) groups is 1. The van der Waals surface area contributed by atoms with Crippen LogP contribution in [-0.4, -0.2) is 75.7 Å². The SMILES string of the molecule is O=C(F)C(F)(OC(F)(F)C(F)(OC(F)(F)C(F)(F)S(=O)(=O)F)C(F)(F)OC(F)(F)C(F)(F)S(=O)(=O)F)C(F)(F)F. The first kappa shape index (κ1) is 38.0. The lowest BCUT2D eigenvalue weighted by atomic mass is 10.2. The second-order valence-corrected chi connectivity index (χ2v) is 9.02. The molecule has 0 saturated carbocycles. The minimum absolute atomic E-state index is 1.07. The Kier molecular flexibility index (Phi) is 9.33. The average Bonchev–Trinajstić information content (AvgIpc) is 2.62. The average molecular weight is 692 g/mol. The van der Waals surface area contributed by atoms with Crippen molar-refractivity contribution in [2.75, 3.05) is 0 Å². The van der Waals surface area contributed by atoms with Crippen LogP contribution in [0.2, 0.25) is 0 Å². The lowest BCUT2D eigenvalue weighted by Crippen LogP contribution is -2.70. The molecular weight excluding hydrogens is 692 g/mol. The van der Waals surface area contributed by atoms with E-state index < -0.39 is 79.3 Å². The Morgan fingerprint density at radius 3 is 1.00 bits per heavy atom. The molecule has 240 valence electrons. The van der Waals surface area contributed by atoms with E-state index in [1.807, 2.05) is 0 Å². The Bertz CT molecular complexity index is 1190. The van der Waals surface area contributed by atoms with Gasteiger partial charge in [0.15, 0.2) is 0 Å². The van der Waals surface area contributed by atoms with Crippen LogP contribution < -0.4 is 0 Å². The third-order valence-corrected chi connectivity index (χ3v) is 5.15. The number of halogens is 20. The first-order valence-electron chi connectivity index (χ1n) is 7.71. The van der Waals surface area contributed by atoms with Crippen LogP contribution in [0.4, 0.5) is 86.8 Å². The highest BCUT2D eigenvalue weighted by Crippen LogP contribution is 2.57. The van der Waals surface area contributed by atoms with Gasteiger partial charge in [-0.05, 0) is 0 Å². The van der Waals surface area contributed by atoms with Gasteiger partial charge in [-0.2, -0.15) is 95.9 Å². The molecule has 8 nitrogen and oxygen atoms in total. The van der Waals surface area contributed by atoms with Crippen molar-refractivity contribution >= 4 is 26.5 Å². The van der Waals surface area contributed by atoms with E-state index in [4.69, 9.17) is 0 Å². The van der Waals surface area contributed by atoms with Crippen molar-refractivity contribution in [3.05, 3.63) is 0 Å². The molecular formula is C10F20O8S2. The molecule has 0 aromatic rings. The fourth-order valence-corrected chi connectivity index (χ4v) is 2.20. The number of hydrogen-bond donors (Lipinski definition) is 0. The molecule has 30 heteroatoms. The molecule has 0 saturated heterocycles. The highest BCUT2D eigenvalue weighted by molar-refractivity contribution is 7.87. The van der Waals surface area contributed by atoms with Crippen LogP contribution in [0.5, 0.6) is 0 Å². The van der Waals surface area contributed by atoms with Crippen LogP contribution in [0.1, 0.15) is 0 Å². The summed E-state index contributed by atoms with van der Waals surface area (Å²) in [6.45, 7) is 0. The molecule has 0 radical (unpaired) electrons. The Morgan fingerprint density at radius 1 is 0.475 bits per heavy atom. The van der Waals surface area contributed by atoms with Gasteiger partial charge in [0.1, 0.15) is 0 Å². The molecule has 0 aliphatic rings. The van der Waals surface area contributed by atoms with E-state index in [1.165, 1.54) is 4.74 Å². The molecule has 0 aliphatic heterocycles. The summed E-state index contributed by atoms with van der Waals surface area (Å²) in [6, 6.07) is -5.07. The summed E-state index contributed by atoms with van der Waals surface area (Å²) in [5.41, 5.74) is 0. The van der Waals surface area contributed by atoms with Crippen LogP contribution in [-0.2, 0) is 39.5 Å². The highest BCUT2D eigenvalue weighted by atomic mass is 32.3. The number of rotatable bonds is 13. The Balaban J connectivity index is 7.58. The molecule has 2 atom stereocenters. The summed E-state index contributed by atoms with van der Waals surface area (Å²) in [7, 11) is -16.9. The predicted molar refractivity (Wildman–Crippen MR) is 72.8 cm³/mol. The molecule has 0 spiro atoms. The summed E-state index contributed by atoms with van der Waals surface area (Å²) >= 11 is 0. The van der Waals surface area contributed by atoms with Gasteiger partial charge < -0.3 is 0 Å². The van der Waals surface area contributed by atoms with Crippen molar-refractivity contribution in [3.63, 3.8) is 0 Å². The van der Waals surface area contributed by atoms with Crippen LogP contribution in [0.3, 0.4) is 0 Å². The topological polar surface area (TPSA) is 113 Å². The number of ether oxygens (including phenoxy) is 3. The maximum absolute atomic E-state index is 14.5. The van der Waals surface area contributed by atoms with E-state index >= 15 is 0 Å². The maximum atomic E-state index is 14.5. The van der Waals surface area contributed by atoms with E-state index in [2.05, 4.69) is 0 Å². The van der Waals surface area contributed by atoms with Crippen molar-refractivity contribution in [1.82, 2.24) is 0 Å². The van der Waals surface area contributed by atoms with Crippen molar-refractivity contribution in [2.45, 2.75) is 52.8 Å². The summed E-state index contributed by atoms with van der Waals surface area (Å²) in [5, 5.41) is -15.9. The van der Waals surface area contributed by atoms with Gasteiger partial charge in [-0.25, -0.2) is 4.74 Å². The van der Waals surface area contributed by atoms with E-state index in [9.17, 15) is 108 Å². The van der Waals surface area contributed by atoms with Gasteiger partial charge in [0.25, 0.3) is 0 Å². The Morgan fingerprint density at radius 2 is 0.750 bits per heavy atom. The number of hydrogen-bond acceptors (Lipinski definition) is 8. The van der Waals surface area contributed by atoms with Crippen molar-refractivity contribution in [3.8, 4) is 0 Å². The summed E-state index contributed by atoms with van der Waals surface area (Å²) < 4.78 is 306. The normalized spacial score (nSPS) is 18.7. The van der Waals surface area contributed by atoms with Crippen LogP contribution in [0.15, 0.2) is 0 Å². The van der Waals surface area contributed by atoms with Gasteiger partial charge in [0, 0.05) is 0 Å². The third kappa shape index (κ3) is 6.12. The first-order chi connectivity index (χ1) is 16.8. The fraction of sp³-hybridized carbons (Fsp3) is 0.900. The standard InChI is InChI=1S/C10F20O8S2/c11-1(31)2(12,4(14,15)16)36-5(17,18)3(13,37-7(21,22)9(25,26)39(29,32)33)6(19,20)38-8(23,24)10(27,28)40(30,34)35. The molecule has 40 heavy (non-hydrogen) atoms. The highest BCUT2D eigenvalue weighted by Gasteiger charge is 2.87. The van der Waals surface area contributed by atoms with Gasteiger partial charge in [0.05, 0.1) is 0 Å². The van der Waals surface area contributed by atoms with Crippen LogP contribution in [0.25, 0.3) is 0 Å². The third-order valence-electron chi connectivity index (χ3n) is 3.45. The summed E-state index contributed by atoms with van der Waals surface area (Å²) in [6.07, 6.45) is -41.6. The minimum Gasteiger partial charge on any atom is -0.262 e. The first-order valence-corrected chi connectivity index (χ1v) is 10.5. The zero-order valence-corrected chi connectivity index (χ0v) is 18.3. The van der Waals surface area contributed by atoms with Gasteiger partial charge in [-0.1, -0.05) is 7.77 Å². The second-order valence-electron chi connectivity index (χ2n) is 6.24. The van der Waals surface area contributed by atoms with Gasteiger partial charge in [-0.15, -0.1) is 0 Å². The second kappa shape index (κ2) is 9.81. The van der Waals surface area contributed by atoms with E-state index in [0.717, 1.165) is 9.47 Å². The monoisotopic (exact) mass is 692 g/mol. The number of carbonyl (C=O) groups excluding carboxylic acids is 1. The molecule has 0 aliphatic carbocycles. The molecule has 0 bridgehead atoms. The fourth-order valence-electron chi connectivity index (χ4n) is 1.55. The van der Waals surface area contributed by atoms with Crippen molar-refractivity contribution < 1.29 is 123 Å². The largest absolute Gasteiger partial charge is 0.464 e. The molecule has 0 amide bonds. The van der Waals surface area contributed by atoms with Gasteiger partial charge in [-0.3, -0.25) is 14.3 Å². The Hall–Kier alpha value is -1.95. The molecule has 0 aromatic carbocycles. The quantitative estimate of drug-likeness (QED) is 0.204. The van der Waals surface area contributed by atoms with Crippen LogP contribution in [0, 0.1) is 0 Å². The summed E-state index contributed by atoms with van der Waals surface area (Å²) in [4.78, 5) is 10.1. The minimum atomic E-state index is -8.85. The van der Waals surface area contributed by atoms with E-state index in [1.54, 1.807) is 0 Å². The Labute approximate surface area is 203 Å². The molecule has 0 N–H and O–H groups in total. The molecule has 0 aromatic heterocycles. The molecule has 0 fully saturated rings. The maximum Gasteiger partial charge on any atom is 0.464 e. The zero-order chi connectivity index (χ0) is 33.2. The van der Waals surface area contributed by atoms with Crippen LogP contribution >= 0.6 is 0 Å². The van der Waals surface area contributed by atoms with Gasteiger partial charge >= 0.3 is 79.3 Å². The number of alkyl halides is 17. The molecule has 0 rings (SSSR count). The van der Waals surface area contributed by atoms with E-state index in [0.29, 0.717) is 0 Å². The van der Waals surface area contributed by atoms with Gasteiger partial charge in [0.2, 0.25) is 0 Å². The lowest BCUT2D eigenvalue weighted by molar-refractivity contribution is -0.566. The van der Waals surface area contributed by atoms with Crippen molar-refractivity contribution in [1.29, 1.82) is 0 Å². The zero-order valence-electron chi connectivity index (χ0n) is 16.6. The lowest BCUT2D eigenvalue weighted by Gasteiger charge is -2.41. The molecule has 2 unspecified atom stereocenters. The van der Waals surface area contributed by atoms with Crippen molar-refractivity contribution in [2.24, 2.45) is 0 Å².